The third-order valence-corrected chi connectivity index (χ3v) is 15.1. The lowest BCUT2D eigenvalue weighted by Gasteiger charge is -2.34. The van der Waals surface area contributed by atoms with Gasteiger partial charge in [0.1, 0.15) is 0 Å². The summed E-state index contributed by atoms with van der Waals surface area (Å²) in [5.41, 5.74) is 20.6. The van der Waals surface area contributed by atoms with Gasteiger partial charge in [0.25, 0.3) is 0 Å². The van der Waals surface area contributed by atoms with E-state index < -0.39 is 5.41 Å². The van der Waals surface area contributed by atoms with Crippen molar-refractivity contribution in [3.05, 3.63) is 295 Å². The molecule has 0 N–H and O–H groups in total. The average Bonchev–Trinajstić information content (AvgIpc) is 3.93. The summed E-state index contributed by atoms with van der Waals surface area (Å²) < 4.78 is 2.43. The fourth-order valence-corrected chi connectivity index (χ4v) is 12.1. The van der Waals surface area contributed by atoms with Crippen molar-refractivity contribution in [3.8, 4) is 61.3 Å². The zero-order chi connectivity index (χ0) is 46.2. The van der Waals surface area contributed by atoms with Crippen LogP contribution in [-0.4, -0.2) is 4.57 Å². The Labute approximate surface area is 407 Å². The van der Waals surface area contributed by atoms with Crippen molar-refractivity contribution in [2.24, 2.45) is 0 Å². The molecule has 0 saturated carbocycles. The van der Waals surface area contributed by atoms with Gasteiger partial charge in [0.05, 0.1) is 16.4 Å². The molecule has 1 nitrogen and oxygen atoms in total. The van der Waals surface area contributed by atoms with Crippen LogP contribution in [0.1, 0.15) is 22.3 Å². The molecule has 1 heterocycles. The highest BCUT2D eigenvalue weighted by Gasteiger charge is 2.46. The van der Waals surface area contributed by atoms with Crippen molar-refractivity contribution in [1.82, 2.24) is 4.57 Å². The van der Waals surface area contributed by atoms with E-state index in [0.717, 1.165) is 5.69 Å². The summed E-state index contributed by atoms with van der Waals surface area (Å²) in [4.78, 5) is 0. The van der Waals surface area contributed by atoms with Crippen LogP contribution in [0.5, 0.6) is 0 Å². The number of benzene rings is 12. The summed E-state index contributed by atoms with van der Waals surface area (Å²) in [7, 11) is 0. The van der Waals surface area contributed by atoms with E-state index in [-0.39, 0.29) is 0 Å². The van der Waals surface area contributed by atoms with Crippen LogP contribution in [0.2, 0.25) is 0 Å². The molecule has 0 bridgehead atoms. The van der Waals surface area contributed by atoms with E-state index >= 15 is 0 Å². The van der Waals surface area contributed by atoms with Gasteiger partial charge < -0.3 is 4.57 Å². The van der Waals surface area contributed by atoms with Crippen LogP contribution < -0.4 is 0 Å². The lowest BCUT2D eigenvalue weighted by atomic mass is 9.67. The zero-order valence-electron chi connectivity index (χ0n) is 38.4. The molecule has 0 unspecified atom stereocenters. The Hall–Kier alpha value is -9.04. The highest BCUT2D eigenvalue weighted by molar-refractivity contribution is 6.21. The molecule has 0 fully saturated rings. The molecule has 1 aromatic heterocycles. The summed E-state index contributed by atoms with van der Waals surface area (Å²) in [5, 5.41) is 7.53. The van der Waals surface area contributed by atoms with Crippen LogP contribution in [0.25, 0.3) is 105 Å². The molecule has 0 spiro atoms. The van der Waals surface area contributed by atoms with Crippen LogP contribution in [0.3, 0.4) is 0 Å². The lowest BCUT2D eigenvalue weighted by molar-refractivity contribution is 0.769. The number of rotatable bonds is 7. The van der Waals surface area contributed by atoms with Gasteiger partial charge in [-0.1, -0.05) is 231 Å². The average molecular weight is 888 g/mol. The Bertz CT molecular complexity index is 4050. The molecule has 14 rings (SSSR count). The van der Waals surface area contributed by atoms with Crippen molar-refractivity contribution in [1.29, 1.82) is 0 Å². The molecule has 70 heavy (non-hydrogen) atoms. The van der Waals surface area contributed by atoms with Gasteiger partial charge in [-0.05, 0) is 142 Å². The number of para-hydroxylation sites is 1. The molecule has 13 aromatic rings. The molecule has 0 atom stereocenters. The van der Waals surface area contributed by atoms with E-state index in [9.17, 15) is 0 Å². The van der Waals surface area contributed by atoms with Crippen molar-refractivity contribution < 1.29 is 0 Å². The SMILES string of the molecule is c1ccc(-c2c3ccccc3c(-c3ccc(-n4c5ccccc5c5cc(-c6cccc(-c7ccc8c(c7)C(c7ccccc7)(c7ccccc7)c7ccccc7-8)c6)ccc54)cc3)c3ccccc23)cc1. The molecule has 1 heteroatoms. The van der Waals surface area contributed by atoms with Crippen LogP contribution in [0, 0.1) is 0 Å². The second kappa shape index (κ2) is 16.0. The Morgan fingerprint density at radius 3 is 1.30 bits per heavy atom. The van der Waals surface area contributed by atoms with Gasteiger partial charge in [0, 0.05) is 16.5 Å². The number of hydrogen-bond acceptors (Lipinski definition) is 0. The van der Waals surface area contributed by atoms with E-state index in [1.54, 1.807) is 0 Å². The number of nitrogens with zero attached hydrogens (tertiary/aromatic N) is 1. The molecular weight excluding hydrogens is 843 g/mol. The third-order valence-electron chi connectivity index (χ3n) is 15.1. The fraction of sp³-hybridized carbons (Fsp3) is 0.0145. The molecule has 0 saturated heterocycles. The first kappa shape index (κ1) is 40.1. The standard InChI is InChI=1S/C69H45N/c1-4-19-46(20-5-1)67-58-29-10-12-31-60(58)68(61-32-13-11-30-59(61)67)47-35-39-54(40-36-47)70-65-34-17-15-28-57(65)62-44-50(38-42-66(62)70)48-21-18-22-49(43-48)51-37-41-56-55-27-14-16-33-63(55)69(64(56)45-51,52-23-6-2-7-24-52)53-25-8-3-9-26-53/h1-45H. The van der Waals surface area contributed by atoms with Crippen molar-refractivity contribution >= 4 is 43.4 Å². The second-order valence-corrected chi connectivity index (χ2v) is 18.7. The van der Waals surface area contributed by atoms with E-state index in [2.05, 4.69) is 278 Å². The van der Waals surface area contributed by atoms with E-state index in [1.165, 1.54) is 121 Å². The smallest absolute Gasteiger partial charge is 0.0713 e. The minimum absolute atomic E-state index is 0.446. The third kappa shape index (κ3) is 6.05. The van der Waals surface area contributed by atoms with Gasteiger partial charge in [-0.25, -0.2) is 0 Å². The summed E-state index contributed by atoms with van der Waals surface area (Å²) in [6.45, 7) is 0. The maximum atomic E-state index is 2.46. The Kier molecular flexibility index (Phi) is 9.19. The van der Waals surface area contributed by atoms with Gasteiger partial charge in [-0.15, -0.1) is 0 Å². The Morgan fingerprint density at radius 2 is 0.671 bits per heavy atom. The van der Waals surface area contributed by atoms with E-state index in [1.807, 2.05) is 0 Å². The minimum Gasteiger partial charge on any atom is -0.309 e. The first-order valence-electron chi connectivity index (χ1n) is 24.3. The van der Waals surface area contributed by atoms with Crippen LogP contribution in [0.4, 0.5) is 0 Å². The minimum atomic E-state index is -0.446. The van der Waals surface area contributed by atoms with Gasteiger partial charge in [-0.2, -0.15) is 0 Å². The predicted octanol–water partition coefficient (Wildman–Crippen LogP) is 18.1. The second-order valence-electron chi connectivity index (χ2n) is 18.7. The Balaban J connectivity index is 0.864. The van der Waals surface area contributed by atoms with Crippen LogP contribution >= 0.6 is 0 Å². The largest absolute Gasteiger partial charge is 0.309 e. The maximum Gasteiger partial charge on any atom is 0.0713 e. The summed E-state index contributed by atoms with van der Waals surface area (Å²) in [5.74, 6) is 0. The molecule has 1 aliphatic carbocycles. The molecule has 326 valence electrons. The Morgan fingerprint density at radius 1 is 0.243 bits per heavy atom. The first-order chi connectivity index (χ1) is 34.7. The summed E-state index contributed by atoms with van der Waals surface area (Å²) in [6, 6.07) is 101. The van der Waals surface area contributed by atoms with Gasteiger partial charge in [0.15, 0.2) is 0 Å². The van der Waals surface area contributed by atoms with Crippen LogP contribution in [-0.2, 0) is 5.41 Å². The first-order valence-corrected chi connectivity index (χ1v) is 24.3. The van der Waals surface area contributed by atoms with E-state index in [4.69, 9.17) is 0 Å². The number of aromatic nitrogens is 1. The van der Waals surface area contributed by atoms with Crippen molar-refractivity contribution in [2.75, 3.05) is 0 Å². The molecule has 0 amide bonds. The summed E-state index contributed by atoms with van der Waals surface area (Å²) >= 11 is 0. The highest BCUT2D eigenvalue weighted by Crippen LogP contribution is 2.57. The summed E-state index contributed by atoms with van der Waals surface area (Å²) in [6.07, 6.45) is 0. The number of hydrogen-bond donors (Lipinski definition) is 0. The molecule has 1 aliphatic rings. The number of fused-ring (bicyclic) bond motifs is 8. The zero-order valence-corrected chi connectivity index (χ0v) is 38.4. The topological polar surface area (TPSA) is 4.93 Å². The fourth-order valence-electron chi connectivity index (χ4n) is 12.1. The van der Waals surface area contributed by atoms with Gasteiger partial charge in [0.2, 0.25) is 0 Å². The monoisotopic (exact) mass is 887 g/mol. The van der Waals surface area contributed by atoms with Crippen molar-refractivity contribution in [2.45, 2.75) is 5.41 Å². The van der Waals surface area contributed by atoms with Gasteiger partial charge in [-0.3, -0.25) is 0 Å². The maximum absolute atomic E-state index is 2.46. The predicted molar refractivity (Wildman–Crippen MR) is 295 cm³/mol. The molecule has 0 aliphatic heterocycles. The van der Waals surface area contributed by atoms with E-state index in [0.29, 0.717) is 0 Å². The van der Waals surface area contributed by atoms with Crippen LogP contribution in [0.15, 0.2) is 273 Å². The lowest BCUT2D eigenvalue weighted by Crippen LogP contribution is -2.28. The van der Waals surface area contributed by atoms with Crippen molar-refractivity contribution in [3.63, 3.8) is 0 Å². The normalized spacial score (nSPS) is 12.7. The molecule has 0 radical (unpaired) electrons. The quantitative estimate of drug-likeness (QED) is 0.141. The highest BCUT2D eigenvalue weighted by atomic mass is 15.0. The molecular formula is C69H45N. The molecule has 12 aromatic carbocycles. The van der Waals surface area contributed by atoms with Gasteiger partial charge >= 0.3 is 0 Å².